The van der Waals surface area contributed by atoms with E-state index in [9.17, 15) is 4.79 Å². The number of carbonyl (C=O) groups is 1. The lowest BCUT2D eigenvalue weighted by Crippen LogP contribution is -2.38. The van der Waals surface area contributed by atoms with Crippen molar-refractivity contribution in [3.63, 3.8) is 0 Å². The molecule has 0 aliphatic heterocycles. The molecular weight excluding hydrogens is 238 g/mol. The molecular formula is C15H23N3O. The molecule has 1 aliphatic rings. The van der Waals surface area contributed by atoms with Crippen molar-refractivity contribution in [2.45, 2.75) is 18.4 Å². The first-order chi connectivity index (χ1) is 9.16. The van der Waals surface area contributed by atoms with E-state index in [4.69, 9.17) is 0 Å². The molecule has 0 heterocycles. The molecule has 1 saturated carbocycles. The summed E-state index contributed by atoms with van der Waals surface area (Å²) >= 11 is 0. The lowest BCUT2D eigenvalue weighted by Gasteiger charge is -2.10. The molecule has 0 aromatic heterocycles. The summed E-state index contributed by atoms with van der Waals surface area (Å²) in [5.74, 6) is 0.663. The summed E-state index contributed by atoms with van der Waals surface area (Å²) in [5.41, 5.74) is 1.37. The Balaban J connectivity index is 1.61. The van der Waals surface area contributed by atoms with Gasteiger partial charge in [0.15, 0.2) is 0 Å². The van der Waals surface area contributed by atoms with Gasteiger partial charge in [-0.2, -0.15) is 0 Å². The average Bonchev–Trinajstić information content (AvgIpc) is 3.16. The Bertz CT molecular complexity index is 405. The lowest BCUT2D eigenvalue weighted by molar-refractivity contribution is -0.120. The van der Waals surface area contributed by atoms with Gasteiger partial charge in [-0.1, -0.05) is 30.3 Å². The second-order valence-electron chi connectivity index (χ2n) is 5.39. The van der Waals surface area contributed by atoms with E-state index in [1.54, 1.807) is 0 Å². The van der Waals surface area contributed by atoms with Gasteiger partial charge in [0.25, 0.3) is 0 Å². The largest absolute Gasteiger partial charge is 0.354 e. The average molecular weight is 261 g/mol. The van der Waals surface area contributed by atoms with Crippen molar-refractivity contribution in [3.8, 4) is 0 Å². The maximum atomic E-state index is 11.6. The summed E-state index contributed by atoms with van der Waals surface area (Å²) in [6, 6.07) is 10.9. The van der Waals surface area contributed by atoms with Crippen LogP contribution in [0.4, 0.5) is 0 Å². The minimum Gasteiger partial charge on any atom is -0.354 e. The first-order valence-electron chi connectivity index (χ1n) is 6.86. The molecule has 2 atom stereocenters. The molecule has 2 rings (SSSR count). The standard InChI is InChI=1S/C15H23N3O/c1-18(2)9-8-16-15(19)11-17-14-10-13(14)12-6-4-3-5-7-12/h3-7,13-14,17H,8-11H2,1-2H3,(H,16,19). The van der Waals surface area contributed by atoms with Gasteiger partial charge in [0.2, 0.25) is 5.91 Å². The minimum atomic E-state index is 0.0839. The van der Waals surface area contributed by atoms with Crippen LogP contribution in [0.1, 0.15) is 17.9 Å². The molecule has 0 saturated heterocycles. The van der Waals surface area contributed by atoms with E-state index in [0.29, 0.717) is 25.0 Å². The molecule has 1 aliphatic carbocycles. The van der Waals surface area contributed by atoms with E-state index in [1.807, 2.05) is 20.2 Å². The summed E-state index contributed by atoms with van der Waals surface area (Å²) in [7, 11) is 4.00. The molecule has 1 aromatic rings. The first kappa shape index (κ1) is 14.0. The summed E-state index contributed by atoms with van der Waals surface area (Å²) in [6.07, 6.45) is 1.13. The Morgan fingerprint density at radius 2 is 2.05 bits per heavy atom. The fourth-order valence-electron chi connectivity index (χ4n) is 2.19. The quantitative estimate of drug-likeness (QED) is 0.763. The van der Waals surface area contributed by atoms with E-state index >= 15 is 0 Å². The van der Waals surface area contributed by atoms with Crippen molar-refractivity contribution in [2.24, 2.45) is 0 Å². The smallest absolute Gasteiger partial charge is 0.234 e. The molecule has 4 nitrogen and oxygen atoms in total. The number of nitrogens with zero attached hydrogens (tertiary/aromatic N) is 1. The van der Waals surface area contributed by atoms with Crippen molar-refractivity contribution >= 4 is 5.91 Å². The van der Waals surface area contributed by atoms with Crippen molar-refractivity contribution in [1.29, 1.82) is 0 Å². The minimum absolute atomic E-state index is 0.0839. The van der Waals surface area contributed by atoms with E-state index in [0.717, 1.165) is 13.0 Å². The zero-order valence-electron chi connectivity index (χ0n) is 11.7. The van der Waals surface area contributed by atoms with Gasteiger partial charge in [0, 0.05) is 25.0 Å². The summed E-state index contributed by atoms with van der Waals surface area (Å²) in [4.78, 5) is 13.7. The summed E-state index contributed by atoms with van der Waals surface area (Å²) in [6.45, 7) is 2.00. The zero-order chi connectivity index (χ0) is 13.7. The molecule has 0 spiro atoms. The molecule has 2 unspecified atom stereocenters. The third kappa shape index (κ3) is 4.65. The van der Waals surface area contributed by atoms with E-state index < -0.39 is 0 Å². The third-order valence-corrected chi connectivity index (χ3v) is 3.42. The van der Waals surface area contributed by atoms with Crippen LogP contribution in [-0.2, 0) is 4.79 Å². The highest BCUT2D eigenvalue weighted by Gasteiger charge is 2.37. The van der Waals surface area contributed by atoms with E-state index in [2.05, 4.69) is 39.8 Å². The monoisotopic (exact) mass is 261 g/mol. The fourth-order valence-corrected chi connectivity index (χ4v) is 2.19. The Morgan fingerprint density at radius 1 is 1.32 bits per heavy atom. The predicted octanol–water partition coefficient (Wildman–Crippen LogP) is 0.810. The van der Waals surface area contributed by atoms with Crippen LogP contribution in [0.25, 0.3) is 0 Å². The lowest BCUT2D eigenvalue weighted by atomic mass is 10.1. The fraction of sp³-hybridized carbons (Fsp3) is 0.533. The van der Waals surface area contributed by atoms with Gasteiger partial charge >= 0.3 is 0 Å². The molecule has 19 heavy (non-hydrogen) atoms. The number of rotatable bonds is 7. The summed E-state index contributed by atoms with van der Waals surface area (Å²) in [5, 5.41) is 6.23. The second-order valence-corrected chi connectivity index (χ2v) is 5.39. The third-order valence-electron chi connectivity index (χ3n) is 3.42. The van der Waals surface area contributed by atoms with Crippen LogP contribution in [0.3, 0.4) is 0 Å². The van der Waals surface area contributed by atoms with Crippen LogP contribution < -0.4 is 10.6 Å². The molecule has 0 bridgehead atoms. The number of hydrogen-bond donors (Lipinski definition) is 2. The van der Waals surface area contributed by atoms with Gasteiger partial charge in [-0.05, 0) is 26.1 Å². The Labute approximate surface area is 115 Å². The Morgan fingerprint density at radius 3 is 2.74 bits per heavy atom. The van der Waals surface area contributed by atoms with Gasteiger partial charge < -0.3 is 15.5 Å². The van der Waals surface area contributed by atoms with E-state index in [-0.39, 0.29) is 5.91 Å². The SMILES string of the molecule is CN(C)CCNC(=O)CNC1CC1c1ccccc1. The molecule has 1 aromatic carbocycles. The van der Waals surface area contributed by atoms with Gasteiger partial charge in [-0.15, -0.1) is 0 Å². The normalized spacial score (nSPS) is 21.4. The molecule has 0 radical (unpaired) electrons. The van der Waals surface area contributed by atoms with Crippen LogP contribution in [-0.4, -0.2) is 50.6 Å². The van der Waals surface area contributed by atoms with Crippen molar-refractivity contribution < 1.29 is 4.79 Å². The van der Waals surface area contributed by atoms with Crippen LogP contribution in [0.15, 0.2) is 30.3 Å². The number of nitrogens with one attached hydrogen (secondary N) is 2. The molecule has 2 N–H and O–H groups in total. The second kappa shape index (κ2) is 6.68. The van der Waals surface area contributed by atoms with Crippen LogP contribution in [0, 0.1) is 0 Å². The molecule has 1 amide bonds. The highest BCUT2D eigenvalue weighted by molar-refractivity contribution is 5.78. The van der Waals surface area contributed by atoms with Gasteiger partial charge in [-0.25, -0.2) is 0 Å². The Hall–Kier alpha value is -1.39. The van der Waals surface area contributed by atoms with E-state index in [1.165, 1.54) is 5.56 Å². The van der Waals surface area contributed by atoms with Crippen LogP contribution >= 0.6 is 0 Å². The highest BCUT2D eigenvalue weighted by atomic mass is 16.1. The first-order valence-corrected chi connectivity index (χ1v) is 6.86. The molecule has 4 heteroatoms. The Kier molecular flexibility index (Phi) is 4.93. The number of carbonyl (C=O) groups excluding carboxylic acids is 1. The number of hydrogen-bond acceptors (Lipinski definition) is 3. The van der Waals surface area contributed by atoms with Crippen LogP contribution in [0.5, 0.6) is 0 Å². The number of benzene rings is 1. The number of amides is 1. The topological polar surface area (TPSA) is 44.4 Å². The highest BCUT2D eigenvalue weighted by Crippen LogP contribution is 2.40. The van der Waals surface area contributed by atoms with Crippen molar-refractivity contribution in [3.05, 3.63) is 35.9 Å². The summed E-state index contributed by atoms with van der Waals surface area (Å²) < 4.78 is 0. The van der Waals surface area contributed by atoms with Crippen LogP contribution in [0.2, 0.25) is 0 Å². The maximum Gasteiger partial charge on any atom is 0.234 e. The van der Waals surface area contributed by atoms with Gasteiger partial charge in [-0.3, -0.25) is 4.79 Å². The molecule has 104 valence electrons. The van der Waals surface area contributed by atoms with Crippen molar-refractivity contribution in [2.75, 3.05) is 33.7 Å². The maximum absolute atomic E-state index is 11.6. The van der Waals surface area contributed by atoms with Gasteiger partial charge in [0.05, 0.1) is 6.54 Å². The van der Waals surface area contributed by atoms with Crippen molar-refractivity contribution in [1.82, 2.24) is 15.5 Å². The predicted molar refractivity (Wildman–Crippen MR) is 77.2 cm³/mol. The van der Waals surface area contributed by atoms with Gasteiger partial charge in [0.1, 0.15) is 0 Å². The molecule has 1 fully saturated rings. The zero-order valence-corrected chi connectivity index (χ0v) is 11.7. The number of likely N-dealkylation sites (N-methyl/N-ethyl adjacent to an activating group) is 1.